The molecule has 1 N–H and O–H groups in total. The maximum absolute atomic E-state index is 12.5. The summed E-state index contributed by atoms with van der Waals surface area (Å²) < 4.78 is 42.9. The number of hydrogen-bond acceptors (Lipinski definition) is 8. The van der Waals surface area contributed by atoms with Crippen LogP contribution < -0.4 is 18.9 Å². The van der Waals surface area contributed by atoms with Gasteiger partial charge in [-0.2, -0.15) is 0 Å². The molecular formula is C20H20N4O5S. The molecule has 0 aliphatic rings. The number of nitrogens with one attached hydrogen (secondary N) is 1. The summed E-state index contributed by atoms with van der Waals surface area (Å²) in [5, 5.41) is 0. The van der Waals surface area contributed by atoms with Gasteiger partial charge in [-0.05, 0) is 48.0 Å². The summed E-state index contributed by atoms with van der Waals surface area (Å²) in [6.45, 7) is 0. The van der Waals surface area contributed by atoms with E-state index in [2.05, 4.69) is 19.7 Å². The van der Waals surface area contributed by atoms with Crippen molar-refractivity contribution in [1.29, 1.82) is 0 Å². The van der Waals surface area contributed by atoms with Crippen LogP contribution in [0.5, 0.6) is 17.4 Å². The van der Waals surface area contributed by atoms with Gasteiger partial charge in [-0.3, -0.25) is 9.71 Å². The van der Waals surface area contributed by atoms with E-state index in [4.69, 9.17) is 14.2 Å². The summed E-state index contributed by atoms with van der Waals surface area (Å²) >= 11 is 0. The Bertz CT molecular complexity index is 1150. The lowest BCUT2D eigenvalue weighted by molar-refractivity contribution is 0.355. The Kier molecular flexibility index (Phi) is 6.48. The lowest BCUT2D eigenvalue weighted by Crippen LogP contribution is -2.14. The molecule has 0 bridgehead atoms. The molecule has 156 valence electrons. The average Bonchev–Trinajstić information content (AvgIpc) is 2.77. The Morgan fingerprint density at radius 2 is 1.63 bits per heavy atom. The maximum atomic E-state index is 12.5. The fourth-order valence-electron chi connectivity index (χ4n) is 2.50. The van der Waals surface area contributed by atoms with Crippen molar-refractivity contribution < 1.29 is 22.6 Å². The first-order valence-corrected chi connectivity index (χ1v) is 10.2. The average molecular weight is 428 g/mol. The van der Waals surface area contributed by atoms with E-state index in [1.54, 1.807) is 44.7 Å². The summed E-state index contributed by atoms with van der Waals surface area (Å²) in [4.78, 5) is 12.2. The molecule has 0 saturated heterocycles. The summed E-state index contributed by atoms with van der Waals surface area (Å²) in [7, 11) is 0.741. The molecule has 0 aliphatic heterocycles. The van der Waals surface area contributed by atoms with Crippen molar-refractivity contribution in [3.63, 3.8) is 0 Å². The second-order valence-corrected chi connectivity index (χ2v) is 7.60. The third-order valence-electron chi connectivity index (χ3n) is 4.01. The van der Waals surface area contributed by atoms with Gasteiger partial charge in [-0.1, -0.05) is 0 Å². The second-order valence-electron chi connectivity index (χ2n) is 5.92. The van der Waals surface area contributed by atoms with Gasteiger partial charge in [0.25, 0.3) is 10.0 Å². The van der Waals surface area contributed by atoms with Gasteiger partial charge < -0.3 is 14.2 Å². The van der Waals surface area contributed by atoms with Crippen LogP contribution in [-0.4, -0.2) is 45.9 Å². The van der Waals surface area contributed by atoms with Gasteiger partial charge in [-0.25, -0.2) is 18.4 Å². The molecule has 0 radical (unpaired) electrons. The summed E-state index contributed by atoms with van der Waals surface area (Å²) in [6, 6.07) is 12.9. The van der Waals surface area contributed by atoms with Crippen molar-refractivity contribution in [3.05, 3.63) is 60.4 Å². The maximum Gasteiger partial charge on any atom is 0.263 e. The lowest BCUT2D eigenvalue weighted by atomic mass is 10.2. The van der Waals surface area contributed by atoms with E-state index >= 15 is 0 Å². The topological polar surface area (TPSA) is 112 Å². The van der Waals surface area contributed by atoms with E-state index in [1.807, 2.05) is 6.07 Å². The van der Waals surface area contributed by atoms with Crippen molar-refractivity contribution in [3.8, 4) is 17.4 Å². The zero-order chi connectivity index (χ0) is 21.6. The highest BCUT2D eigenvalue weighted by Crippen LogP contribution is 2.27. The largest absolute Gasteiger partial charge is 0.493 e. The molecule has 2 aromatic carbocycles. The van der Waals surface area contributed by atoms with Crippen molar-refractivity contribution >= 4 is 27.7 Å². The number of aromatic nitrogens is 2. The zero-order valence-corrected chi connectivity index (χ0v) is 17.4. The quantitative estimate of drug-likeness (QED) is 0.549. The number of ether oxygens (including phenoxy) is 3. The highest BCUT2D eigenvalue weighted by Gasteiger charge is 2.15. The van der Waals surface area contributed by atoms with E-state index in [1.165, 1.54) is 31.6 Å². The number of hydrogen-bond donors (Lipinski definition) is 1. The van der Waals surface area contributed by atoms with Crippen LogP contribution in [0.1, 0.15) is 5.56 Å². The fourth-order valence-corrected chi connectivity index (χ4v) is 3.50. The van der Waals surface area contributed by atoms with Gasteiger partial charge in [0.15, 0.2) is 11.5 Å². The summed E-state index contributed by atoms with van der Waals surface area (Å²) in [5.41, 5.74) is 1.40. The lowest BCUT2D eigenvalue weighted by Gasteiger charge is -2.08. The molecule has 1 heterocycles. The highest BCUT2D eigenvalue weighted by molar-refractivity contribution is 7.92. The smallest absolute Gasteiger partial charge is 0.263 e. The number of sulfonamides is 1. The van der Waals surface area contributed by atoms with Gasteiger partial charge in [0.05, 0.1) is 31.9 Å². The fraction of sp³-hybridized carbons (Fsp3) is 0.150. The van der Waals surface area contributed by atoms with Crippen molar-refractivity contribution in [2.75, 3.05) is 26.1 Å². The van der Waals surface area contributed by atoms with Crippen molar-refractivity contribution in [1.82, 2.24) is 9.97 Å². The van der Waals surface area contributed by atoms with Crippen LogP contribution in [-0.2, 0) is 10.0 Å². The molecule has 3 rings (SSSR count). The molecule has 0 aliphatic carbocycles. The standard InChI is InChI=1S/C20H20N4O5S/c1-27-17-9-4-14(10-18(17)28-2)12-21-15-5-7-16(8-6-15)30(25,26)24-19-11-20(29-3)23-13-22-19/h4-13H,1-3H3,(H,22,23,24). The minimum Gasteiger partial charge on any atom is -0.493 e. The van der Waals surface area contributed by atoms with Gasteiger partial charge >= 0.3 is 0 Å². The Labute approximate surface area is 174 Å². The molecule has 0 spiro atoms. The Morgan fingerprint density at radius 1 is 0.900 bits per heavy atom. The van der Waals surface area contributed by atoms with E-state index in [9.17, 15) is 8.42 Å². The number of methoxy groups -OCH3 is 3. The number of aliphatic imine (C=N–C) groups is 1. The molecule has 0 atom stereocenters. The molecule has 30 heavy (non-hydrogen) atoms. The minimum absolute atomic E-state index is 0.0742. The van der Waals surface area contributed by atoms with Gasteiger partial charge in [-0.15, -0.1) is 0 Å². The Balaban J connectivity index is 1.74. The van der Waals surface area contributed by atoms with E-state index in [-0.39, 0.29) is 16.6 Å². The highest BCUT2D eigenvalue weighted by atomic mass is 32.2. The number of benzene rings is 2. The predicted molar refractivity (Wildman–Crippen MR) is 113 cm³/mol. The molecule has 10 heteroatoms. The summed E-state index contributed by atoms with van der Waals surface area (Å²) in [6.07, 6.45) is 2.86. The van der Waals surface area contributed by atoms with Crippen LogP contribution in [0.3, 0.4) is 0 Å². The minimum atomic E-state index is -3.82. The second kappa shape index (κ2) is 9.23. The Morgan fingerprint density at radius 3 is 2.30 bits per heavy atom. The van der Waals surface area contributed by atoms with Crippen LogP contribution in [0.2, 0.25) is 0 Å². The number of anilines is 1. The molecule has 3 aromatic rings. The first kappa shape index (κ1) is 21.1. The zero-order valence-electron chi connectivity index (χ0n) is 16.6. The molecule has 9 nitrogen and oxygen atoms in total. The monoisotopic (exact) mass is 428 g/mol. The van der Waals surface area contributed by atoms with Crippen LogP contribution in [0.4, 0.5) is 11.5 Å². The van der Waals surface area contributed by atoms with Crippen molar-refractivity contribution in [2.45, 2.75) is 4.90 Å². The molecule has 0 fully saturated rings. The Hall–Kier alpha value is -3.66. The van der Waals surface area contributed by atoms with Gasteiger partial charge in [0, 0.05) is 12.3 Å². The van der Waals surface area contributed by atoms with Crippen LogP contribution in [0.25, 0.3) is 0 Å². The van der Waals surface area contributed by atoms with E-state index in [0.717, 1.165) is 5.56 Å². The predicted octanol–water partition coefficient (Wildman–Crippen LogP) is 3.05. The van der Waals surface area contributed by atoms with E-state index < -0.39 is 10.0 Å². The SMILES string of the molecule is COc1cc(NS(=O)(=O)c2ccc(N=Cc3ccc(OC)c(OC)c3)cc2)ncn1. The molecule has 0 saturated carbocycles. The number of rotatable bonds is 8. The number of nitrogens with zero attached hydrogens (tertiary/aromatic N) is 3. The molecular weight excluding hydrogens is 408 g/mol. The van der Waals surface area contributed by atoms with Crippen molar-refractivity contribution in [2.24, 2.45) is 4.99 Å². The summed E-state index contributed by atoms with van der Waals surface area (Å²) in [5.74, 6) is 1.58. The third-order valence-corrected chi connectivity index (χ3v) is 5.38. The first-order chi connectivity index (χ1) is 14.4. The molecule has 0 amide bonds. The van der Waals surface area contributed by atoms with Gasteiger partial charge in [0.1, 0.15) is 12.1 Å². The third kappa shape index (κ3) is 5.03. The normalized spacial score (nSPS) is 11.3. The van der Waals surface area contributed by atoms with Gasteiger partial charge in [0.2, 0.25) is 5.88 Å². The van der Waals surface area contributed by atoms with E-state index in [0.29, 0.717) is 17.2 Å². The molecule has 1 aromatic heterocycles. The molecule has 0 unspecified atom stereocenters. The van der Waals surface area contributed by atoms with Crippen LogP contribution >= 0.6 is 0 Å². The van der Waals surface area contributed by atoms with Crippen LogP contribution in [0.15, 0.2) is 64.7 Å². The first-order valence-electron chi connectivity index (χ1n) is 8.70. The van der Waals surface area contributed by atoms with Crippen LogP contribution in [0, 0.1) is 0 Å².